The Morgan fingerprint density at radius 1 is 1.50 bits per heavy atom. The summed E-state index contributed by atoms with van der Waals surface area (Å²) in [6.07, 6.45) is 1.47. The highest BCUT2D eigenvalue weighted by Gasteiger charge is 2.02. The van der Waals surface area contributed by atoms with Crippen LogP contribution in [0.4, 0.5) is 0 Å². The quantitative estimate of drug-likeness (QED) is 0.746. The molecule has 1 rings (SSSR count). The molecule has 0 fully saturated rings. The van der Waals surface area contributed by atoms with Gasteiger partial charge in [0.25, 0.3) is 0 Å². The third-order valence-corrected chi connectivity index (χ3v) is 1.65. The summed E-state index contributed by atoms with van der Waals surface area (Å²) in [7, 11) is 0. The van der Waals surface area contributed by atoms with Gasteiger partial charge in [0.1, 0.15) is 11.5 Å². The minimum atomic E-state index is -0.788. The second-order valence-electron chi connectivity index (χ2n) is 2.62. The first-order chi connectivity index (χ1) is 5.72. The lowest BCUT2D eigenvalue weighted by molar-refractivity contribution is -0.137. The van der Waals surface area contributed by atoms with Crippen LogP contribution in [0.3, 0.4) is 0 Å². The van der Waals surface area contributed by atoms with Gasteiger partial charge >= 0.3 is 5.97 Å². The molecule has 0 aliphatic carbocycles. The van der Waals surface area contributed by atoms with Gasteiger partial charge in [0, 0.05) is 12.8 Å². The van der Waals surface area contributed by atoms with E-state index in [1.54, 1.807) is 0 Å². The topological polar surface area (TPSA) is 50.4 Å². The minimum Gasteiger partial charge on any atom is -0.481 e. The van der Waals surface area contributed by atoms with Crippen molar-refractivity contribution < 1.29 is 14.3 Å². The van der Waals surface area contributed by atoms with Crippen LogP contribution in [0.5, 0.6) is 0 Å². The number of aryl methyl sites for hydroxylation is 2. The van der Waals surface area contributed by atoms with Gasteiger partial charge in [0.2, 0.25) is 0 Å². The molecule has 1 heterocycles. The molecule has 0 aromatic carbocycles. The Kier molecular flexibility index (Phi) is 2.91. The Labute approximate surface area is 71.0 Å². The fraction of sp³-hybridized carbons (Fsp3) is 0.444. The van der Waals surface area contributed by atoms with Crippen molar-refractivity contribution in [3.63, 3.8) is 0 Å². The van der Waals surface area contributed by atoms with Gasteiger partial charge in [-0.1, -0.05) is 6.92 Å². The third-order valence-electron chi connectivity index (χ3n) is 1.65. The van der Waals surface area contributed by atoms with Gasteiger partial charge in [0.15, 0.2) is 0 Å². The van der Waals surface area contributed by atoms with Crippen LogP contribution < -0.4 is 0 Å². The molecule has 0 bridgehead atoms. The van der Waals surface area contributed by atoms with E-state index in [0.29, 0.717) is 6.42 Å². The van der Waals surface area contributed by atoms with E-state index in [0.717, 1.165) is 17.9 Å². The molecule has 0 spiro atoms. The molecule has 3 nitrogen and oxygen atoms in total. The highest BCUT2D eigenvalue weighted by molar-refractivity contribution is 5.66. The Morgan fingerprint density at radius 3 is 2.67 bits per heavy atom. The summed E-state index contributed by atoms with van der Waals surface area (Å²) in [4.78, 5) is 10.2. The minimum absolute atomic E-state index is 0.136. The average Bonchev–Trinajstić information content (AvgIpc) is 2.48. The predicted molar refractivity (Wildman–Crippen MR) is 44.0 cm³/mol. The van der Waals surface area contributed by atoms with Gasteiger partial charge in [-0.3, -0.25) is 4.79 Å². The van der Waals surface area contributed by atoms with E-state index >= 15 is 0 Å². The Hall–Kier alpha value is -1.25. The van der Waals surface area contributed by atoms with Crippen molar-refractivity contribution in [2.24, 2.45) is 0 Å². The fourth-order valence-electron chi connectivity index (χ4n) is 0.977. The summed E-state index contributed by atoms with van der Waals surface area (Å²) in [5.74, 6) is 0.883. The van der Waals surface area contributed by atoms with Gasteiger partial charge in [0.05, 0.1) is 6.42 Å². The molecule has 1 aromatic heterocycles. The molecule has 0 atom stereocenters. The smallest absolute Gasteiger partial charge is 0.303 e. The highest BCUT2D eigenvalue weighted by atomic mass is 16.4. The summed E-state index contributed by atoms with van der Waals surface area (Å²) in [5.41, 5.74) is 0. The molecular weight excluding hydrogens is 156 g/mol. The van der Waals surface area contributed by atoms with Crippen molar-refractivity contribution >= 4 is 5.97 Å². The van der Waals surface area contributed by atoms with E-state index in [4.69, 9.17) is 9.52 Å². The van der Waals surface area contributed by atoms with E-state index in [-0.39, 0.29) is 6.42 Å². The van der Waals surface area contributed by atoms with Crippen molar-refractivity contribution in [3.8, 4) is 0 Å². The molecule has 1 aromatic rings. The van der Waals surface area contributed by atoms with Gasteiger partial charge in [-0.25, -0.2) is 0 Å². The molecule has 0 saturated heterocycles. The zero-order valence-electron chi connectivity index (χ0n) is 7.04. The molecule has 0 saturated carbocycles. The third kappa shape index (κ3) is 2.42. The number of carbonyl (C=O) groups is 1. The zero-order valence-corrected chi connectivity index (χ0v) is 7.04. The zero-order chi connectivity index (χ0) is 8.97. The molecule has 1 N–H and O–H groups in total. The molecule has 0 radical (unpaired) electrons. The SMILES string of the molecule is CCc1ccc(CCC(=O)O)o1. The Balaban J connectivity index is 2.47. The fourth-order valence-corrected chi connectivity index (χ4v) is 0.977. The van der Waals surface area contributed by atoms with Crippen molar-refractivity contribution in [1.82, 2.24) is 0 Å². The lowest BCUT2D eigenvalue weighted by Gasteiger charge is -1.91. The number of rotatable bonds is 4. The molecule has 0 unspecified atom stereocenters. The molecule has 0 amide bonds. The van der Waals surface area contributed by atoms with Crippen LogP contribution in [0.2, 0.25) is 0 Å². The van der Waals surface area contributed by atoms with E-state index in [1.807, 2.05) is 19.1 Å². The normalized spacial score (nSPS) is 10.1. The summed E-state index contributed by atoms with van der Waals surface area (Å²) < 4.78 is 5.32. The summed E-state index contributed by atoms with van der Waals surface area (Å²) in [6, 6.07) is 3.72. The van der Waals surface area contributed by atoms with Crippen LogP contribution in [-0.4, -0.2) is 11.1 Å². The Bertz CT molecular complexity index is 262. The van der Waals surface area contributed by atoms with Crippen molar-refractivity contribution in [2.45, 2.75) is 26.2 Å². The first kappa shape index (κ1) is 8.84. The van der Waals surface area contributed by atoms with Crippen LogP contribution in [0, 0.1) is 0 Å². The molecular formula is C9H12O3. The number of carboxylic acid groups (broad SMARTS) is 1. The highest BCUT2D eigenvalue weighted by Crippen LogP contribution is 2.10. The predicted octanol–water partition coefficient (Wildman–Crippen LogP) is 1.86. The maximum absolute atomic E-state index is 10.2. The number of aliphatic carboxylic acids is 1. The van der Waals surface area contributed by atoms with E-state index in [1.165, 1.54) is 0 Å². The summed E-state index contributed by atoms with van der Waals surface area (Å²) in [6.45, 7) is 2.00. The van der Waals surface area contributed by atoms with Gasteiger partial charge < -0.3 is 9.52 Å². The first-order valence-electron chi connectivity index (χ1n) is 4.01. The molecule has 66 valence electrons. The van der Waals surface area contributed by atoms with Crippen molar-refractivity contribution in [3.05, 3.63) is 23.7 Å². The van der Waals surface area contributed by atoms with Gasteiger partial charge in [-0.2, -0.15) is 0 Å². The van der Waals surface area contributed by atoms with E-state index < -0.39 is 5.97 Å². The number of hydrogen-bond acceptors (Lipinski definition) is 2. The number of furan rings is 1. The van der Waals surface area contributed by atoms with Crippen LogP contribution in [0.15, 0.2) is 16.5 Å². The monoisotopic (exact) mass is 168 g/mol. The Morgan fingerprint density at radius 2 is 2.17 bits per heavy atom. The molecule has 0 aliphatic rings. The first-order valence-corrected chi connectivity index (χ1v) is 4.01. The maximum atomic E-state index is 10.2. The second kappa shape index (κ2) is 3.95. The molecule has 12 heavy (non-hydrogen) atoms. The second-order valence-corrected chi connectivity index (χ2v) is 2.62. The summed E-state index contributed by atoms with van der Waals surface area (Å²) >= 11 is 0. The van der Waals surface area contributed by atoms with Gasteiger partial charge in [-0.15, -0.1) is 0 Å². The van der Waals surface area contributed by atoms with E-state index in [9.17, 15) is 4.79 Å². The summed E-state index contributed by atoms with van der Waals surface area (Å²) in [5, 5.41) is 8.40. The van der Waals surface area contributed by atoms with Crippen LogP contribution in [0.25, 0.3) is 0 Å². The van der Waals surface area contributed by atoms with Crippen LogP contribution in [0.1, 0.15) is 24.9 Å². The van der Waals surface area contributed by atoms with Crippen molar-refractivity contribution in [2.75, 3.05) is 0 Å². The molecule has 0 aliphatic heterocycles. The number of hydrogen-bond donors (Lipinski definition) is 1. The standard InChI is InChI=1S/C9H12O3/c1-2-7-3-4-8(12-7)5-6-9(10)11/h3-4H,2,5-6H2,1H3,(H,10,11). The maximum Gasteiger partial charge on any atom is 0.303 e. The largest absolute Gasteiger partial charge is 0.481 e. The van der Waals surface area contributed by atoms with Crippen LogP contribution >= 0.6 is 0 Å². The number of carboxylic acids is 1. The van der Waals surface area contributed by atoms with E-state index in [2.05, 4.69) is 0 Å². The molecule has 3 heteroatoms. The van der Waals surface area contributed by atoms with Crippen molar-refractivity contribution in [1.29, 1.82) is 0 Å². The lowest BCUT2D eigenvalue weighted by Crippen LogP contribution is -1.96. The average molecular weight is 168 g/mol. The lowest BCUT2D eigenvalue weighted by atomic mass is 10.2. The van der Waals surface area contributed by atoms with Gasteiger partial charge in [-0.05, 0) is 12.1 Å². The van der Waals surface area contributed by atoms with Crippen LogP contribution in [-0.2, 0) is 17.6 Å².